The topological polar surface area (TPSA) is 8.17 Å². The number of hydrogen-bond donors (Lipinski definition) is 0. The Morgan fingerprint density at radius 3 is 1.88 bits per heavy atom. The van der Waals surface area contributed by atoms with Gasteiger partial charge in [0.15, 0.2) is 0 Å². The summed E-state index contributed by atoms with van der Waals surface area (Å²) >= 11 is 0. The second-order valence-corrected chi connectivity index (χ2v) is 16.8. The molecule has 1 aromatic heterocycles. The number of allylic oxidation sites excluding steroid dienone is 4. The van der Waals surface area contributed by atoms with Crippen LogP contribution in [0.4, 0.5) is 11.4 Å². The Labute approximate surface area is 337 Å². The number of terminal acetylenes is 1. The van der Waals surface area contributed by atoms with E-state index < -0.39 is 0 Å². The smallest absolute Gasteiger partial charge is 0.0543 e. The third-order valence-electron chi connectivity index (χ3n) is 13.0. The molecule has 0 fully saturated rings. The molecule has 0 spiro atoms. The fraction of sp³-hybridized carbons (Fsp3) is 0.164. The second kappa shape index (κ2) is 13.0. The summed E-state index contributed by atoms with van der Waals surface area (Å²) in [7, 11) is 0. The summed E-state index contributed by atoms with van der Waals surface area (Å²) in [5.41, 5.74) is 20.8. The number of benzene rings is 6. The second-order valence-electron chi connectivity index (χ2n) is 16.8. The largest absolute Gasteiger partial charge is 0.312 e. The number of anilines is 2. The highest BCUT2D eigenvalue weighted by Gasteiger charge is 2.41. The Balaban J connectivity index is 1.32. The van der Waals surface area contributed by atoms with E-state index in [-0.39, 0.29) is 10.8 Å². The van der Waals surface area contributed by atoms with Crippen molar-refractivity contribution in [2.45, 2.75) is 58.3 Å². The first-order valence-electron chi connectivity index (χ1n) is 20.2. The molecule has 0 unspecified atom stereocenters. The van der Waals surface area contributed by atoms with E-state index in [1.807, 2.05) is 6.08 Å². The van der Waals surface area contributed by atoms with Crippen LogP contribution in [-0.4, -0.2) is 4.57 Å². The van der Waals surface area contributed by atoms with Gasteiger partial charge in [-0.3, -0.25) is 0 Å². The molecule has 0 atom stereocenters. The molecule has 0 radical (unpaired) electrons. The number of para-hydroxylation sites is 2. The van der Waals surface area contributed by atoms with Gasteiger partial charge in [0.05, 0.1) is 28.3 Å². The number of aromatic nitrogens is 1. The highest BCUT2D eigenvalue weighted by atomic mass is 15.2. The Hall–Kier alpha value is -6.56. The standard InChI is InChI=1S/C55H46N2/c1-7-8-30-46(36(2)37-21-11-16-31-47(37)57-48-32-17-12-22-38(48)39-23-13-18-33-49(39)57)56(50-34-19-28-44-52(50)40-24-9-14-26-42(40)54(44,3)4)51-35-20-29-45-53(51)41-25-10-15-27-43(41)55(45,5)6/h1,8-17,19-32,34-35H,18,33H2,2-6H3/b30-8-,46-36-. The third kappa shape index (κ3) is 5.05. The summed E-state index contributed by atoms with van der Waals surface area (Å²) in [5.74, 6) is 2.88. The third-order valence-corrected chi connectivity index (χ3v) is 13.0. The van der Waals surface area contributed by atoms with Gasteiger partial charge in [0, 0.05) is 44.2 Å². The molecule has 0 aliphatic heterocycles. The van der Waals surface area contributed by atoms with Crippen molar-refractivity contribution in [3.05, 3.63) is 196 Å². The highest BCUT2D eigenvalue weighted by Crippen LogP contribution is 2.57. The fourth-order valence-electron chi connectivity index (χ4n) is 10.3. The summed E-state index contributed by atoms with van der Waals surface area (Å²) in [6.07, 6.45) is 16.8. The maximum atomic E-state index is 6.13. The molecule has 0 amide bonds. The average Bonchev–Trinajstić information content (AvgIpc) is 3.79. The Kier molecular flexibility index (Phi) is 7.96. The van der Waals surface area contributed by atoms with E-state index >= 15 is 0 Å². The predicted octanol–water partition coefficient (Wildman–Crippen LogP) is 14.0. The lowest BCUT2D eigenvalue weighted by molar-refractivity contribution is 0.660. The van der Waals surface area contributed by atoms with Gasteiger partial charge in [0.2, 0.25) is 0 Å². The van der Waals surface area contributed by atoms with Crippen molar-refractivity contribution in [2.75, 3.05) is 4.90 Å². The monoisotopic (exact) mass is 734 g/mol. The summed E-state index contributed by atoms with van der Waals surface area (Å²) < 4.78 is 2.51. The van der Waals surface area contributed by atoms with Gasteiger partial charge in [-0.05, 0) is 95.1 Å². The van der Waals surface area contributed by atoms with E-state index in [2.05, 4.69) is 202 Å². The first kappa shape index (κ1) is 34.9. The van der Waals surface area contributed by atoms with E-state index in [0.717, 1.165) is 35.5 Å². The average molecular weight is 735 g/mol. The molecule has 10 rings (SSSR count). The molecule has 3 aliphatic carbocycles. The van der Waals surface area contributed by atoms with Crippen molar-refractivity contribution in [3.63, 3.8) is 0 Å². The van der Waals surface area contributed by atoms with Crippen LogP contribution in [0.3, 0.4) is 0 Å². The van der Waals surface area contributed by atoms with Gasteiger partial charge in [-0.1, -0.05) is 155 Å². The van der Waals surface area contributed by atoms with E-state index in [1.165, 1.54) is 77.9 Å². The van der Waals surface area contributed by atoms with Crippen molar-refractivity contribution in [1.82, 2.24) is 4.57 Å². The zero-order valence-electron chi connectivity index (χ0n) is 33.4. The van der Waals surface area contributed by atoms with Crippen LogP contribution in [0.15, 0.2) is 157 Å². The molecule has 0 N–H and O–H groups in total. The Morgan fingerprint density at radius 1 is 0.667 bits per heavy atom. The lowest BCUT2D eigenvalue weighted by Crippen LogP contribution is -2.20. The first-order valence-corrected chi connectivity index (χ1v) is 20.2. The predicted molar refractivity (Wildman–Crippen MR) is 241 cm³/mol. The lowest BCUT2D eigenvalue weighted by Gasteiger charge is -2.33. The van der Waals surface area contributed by atoms with E-state index in [1.54, 1.807) is 0 Å². The van der Waals surface area contributed by atoms with Crippen molar-refractivity contribution in [1.29, 1.82) is 0 Å². The summed E-state index contributed by atoms with van der Waals surface area (Å²) in [6.45, 7) is 11.7. The van der Waals surface area contributed by atoms with Crippen molar-refractivity contribution < 1.29 is 0 Å². The van der Waals surface area contributed by atoms with Gasteiger partial charge in [0.25, 0.3) is 0 Å². The summed E-state index contributed by atoms with van der Waals surface area (Å²) in [5, 5.41) is 1.29. The SMILES string of the molecule is C#C/C=C\C(=C(/C)c1ccccc1-n1c2c(c3ccccc31)C=CCC2)N(c1cccc2c1-c1ccccc1C2(C)C)c1cccc2c1-c1ccccc1C2(C)C. The van der Waals surface area contributed by atoms with Gasteiger partial charge < -0.3 is 9.47 Å². The molecular weight excluding hydrogens is 689 g/mol. The quantitative estimate of drug-likeness (QED) is 0.122. The highest BCUT2D eigenvalue weighted by molar-refractivity contribution is 6.01. The lowest BCUT2D eigenvalue weighted by atomic mass is 9.82. The van der Waals surface area contributed by atoms with Gasteiger partial charge in [0.1, 0.15) is 0 Å². The molecule has 1 heterocycles. The zero-order valence-corrected chi connectivity index (χ0v) is 33.4. The molecule has 2 nitrogen and oxygen atoms in total. The number of hydrogen-bond acceptors (Lipinski definition) is 1. The molecular formula is C55H46N2. The van der Waals surface area contributed by atoms with Crippen LogP contribution < -0.4 is 4.90 Å². The molecule has 0 saturated heterocycles. The molecule has 0 saturated carbocycles. The van der Waals surface area contributed by atoms with Crippen LogP contribution in [0.1, 0.15) is 80.1 Å². The minimum Gasteiger partial charge on any atom is -0.312 e. The maximum absolute atomic E-state index is 6.13. The fourth-order valence-corrected chi connectivity index (χ4v) is 10.3. The van der Waals surface area contributed by atoms with Crippen LogP contribution in [0.2, 0.25) is 0 Å². The van der Waals surface area contributed by atoms with Crippen molar-refractivity contribution >= 4 is 33.9 Å². The molecule has 6 aromatic carbocycles. The van der Waals surface area contributed by atoms with Crippen LogP contribution in [0, 0.1) is 12.3 Å². The Morgan fingerprint density at radius 2 is 1.23 bits per heavy atom. The number of fused-ring (bicyclic) bond motifs is 9. The summed E-state index contributed by atoms with van der Waals surface area (Å²) in [4.78, 5) is 2.53. The van der Waals surface area contributed by atoms with Crippen LogP contribution in [-0.2, 0) is 17.3 Å². The first-order chi connectivity index (χ1) is 27.7. The van der Waals surface area contributed by atoms with Crippen LogP contribution in [0.5, 0.6) is 0 Å². The van der Waals surface area contributed by atoms with Crippen LogP contribution >= 0.6 is 0 Å². The van der Waals surface area contributed by atoms with Gasteiger partial charge in [-0.2, -0.15) is 0 Å². The van der Waals surface area contributed by atoms with Gasteiger partial charge >= 0.3 is 0 Å². The van der Waals surface area contributed by atoms with E-state index in [0.29, 0.717) is 0 Å². The van der Waals surface area contributed by atoms with Crippen molar-refractivity contribution in [2.24, 2.45) is 0 Å². The molecule has 57 heavy (non-hydrogen) atoms. The number of rotatable bonds is 6. The summed E-state index contributed by atoms with van der Waals surface area (Å²) in [6, 6.07) is 49.4. The molecule has 3 aliphatic rings. The minimum atomic E-state index is -0.163. The van der Waals surface area contributed by atoms with E-state index in [4.69, 9.17) is 6.42 Å². The molecule has 2 heteroatoms. The normalized spacial score (nSPS) is 15.7. The van der Waals surface area contributed by atoms with E-state index in [9.17, 15) is 0 Å². The maximum Gasteiger partial charge on any atom is 0.0543 e. The van der Waals surface area contributed by atoms with Gasteiger partial charge in [-0.25, -0.2) is 0 Å². The zero-order chi connectivity index (χ0) is 39.1. The van der Waals surface area contributed by atoms with Crippen molar-refractivity contribution in [3.8, 4) is 40.3 Å². The Bertz CT molecular complexity index is 2820. The van der Waals surface area contributed by atoms with Gasteiger partial charge in [-0.15, -0.1) is 6.42 Å². The molecule has 7 aromatic rings. The molecule has 0 bridgehead atoms. The molecule has 276 valence electrons. The van der Waals surface area contributed by atoms with Crippen LogP contribution in [0.25, 0.3) is 50.5 Å². The minimum absolute atomic E-state index is 0.163. The number of nitrogens with zero attached hydrogens (tertiary/aromatic N) is 2.